The molecule has 0 aliphatic heterocycles. The number of nitrogens with one attached hydrogen (secondary N) is 1. The minimum absolute atomic E-state index is 0.0682. The molecule has 19 heavy (non-hydrogen) atoms. The second-order valence-corrected chi connectivity index (χ2v) is 4.91. The lowest BCUT2D eigenvalue weighted by Crippen LogP contribution is -2.30. The van der Waals surface area contributed by atoms with Crippen LogP contribution < -0.4 is 11.1 Å². The Balaban J connectivity index is 1.84. The maximum atomic E-state index is 11.9. The Morgan fingerprint density at radius 2 is 1.68 bits per heavy atom. The van der Waals surface area contributed by atoms with Crippen LogP contribution >= 0.6 is 0 Å². The van der Waals surface area contributed by atoms with E-state index in [1.54, 1.807) is 12.1 Å². The molecule has 2 rings (SSSR count). The second-order valence-electron chi connectivity index (χ2n) is 4.91. The molecule has 1 aromatic carbocycles. The van der Waals surface area contributed by atoms with Crippen LogP contribution in [0.2, 0.25) is 0 Å². The van der Waals surface area contributed by atoms with Crippen molar-refractivity contribution in [1.82, 2.24) is 5.32 Å². The van der Waals surface area contributed by atoms with Gasteiger partial charge < -0.3 is 11.1 Å². The minimum atomic E-state index is -0.437. The number of benzene rings is 1. The molecule has 3 N–H and O–H groups in total. The fourth-order valence-corrected chi connectivity index (χ4v) is 2.30. The molecule has 1 saturated carbocycles. The van der Waals surface area contributed by atoms with Gasteiger partial charge in [-0.3, -0.25) is 9.59 Å². The molecule has 1 aliphatic rings. The van der Waals surface area contributed by atoms with E-state index in [1.165, 1.54) is 6.42 Å². The maximum Gasteiger partial charge on any atom is 0.248 e. The molecule has 0 spiro atoms. The second kappa shape index (κ2) is 6.36. The summed E-state index contributed by atoms with van der Waals surface area (Å²) in [6, 6.07) is 6.98. The lowest BCUT2D eigenvalue weighted by atomic mass is 9.88. The Kier molecular flexibility index (Phi) is 4.55. The minimum Gasteiger partial charge on any atom is -0.366 e. The van der Waals surface area contributed by atoms with Crippen molar-refractivity contribution >= 4 is 11.8 Å². The van der Waals surface area contributed by atoms with E-state index in [1.807, 2.05) is 12.1 Å². The van der Waals surface area contributed by atoms with Gasteiger partial charge in [0.2, 0.25) is 11.8 Å². The Hall–Kier alpha value is -1.84. The van der Waals surface area contributed by atoms with Crippen molar-refractivity contribution in [2.24, 2.45) is 5.73 Å². The molecule has 0 unspecified atom stereocenters. The normalized spacial score (nSPS) is 16.0. The molecule has 4 heteroatoms. The number of carbonyl (C=O) groups excluding carboxylic acids is 2. The van der Waals surface area contributed by atoms with Gasteiger partial charge in [-0.1, -0.05) is 31.4 Å². The molecular formula is C15H19N2O2. The van der Waals surface area contributed by atoms with Crippen LogP contribution in [0.1, 0.15) is 48.0 Å². The lowest BCUT2D eigenvalue weighted by molar-refractivity contribution is -0.120. The van der Waals surface area contributed by atoms with Gasteiger partial charge in [0.05, 0.1) is 5.92 Å². The largest absolute Gasteiger partial charge is 0.366 e. The van der Waals surface area contributed by atoms with E-state index in [4.69, 9.17) is 5.73 Å². The molecule has 1 radical (unpaired) electrons. The quantitative estimate of drug-likeness (QED) is 0.867. The van der Waals surface area contributed by atoms with Gasteiger partial charge in [0.15, 0.2) is 0 Å². The topological polar surface area (TPSA) is 72.2 Å². The van der Waals surface area contributed by atoms with E-state index in [0.717, 1.165) is 37.2 Å². The van der Waals surface area contributed by atoms with E-state index >= 15 is 0 Å². The van der Waals surface area contributed by atoms with Gasteiger partial charge in [-0.25, -0.2) is 0 Å². The van der Waals surface area contributed by atoms with Gasteiger partial charge in [0.1, 0.15) is 0 Å². The van der Waals surface area contributed by atoms with Crippen LogP contribution in [-0.4, -0.2) is 11.8 Å². The fraction of sp³-hybridized carbons (Fsp3) is 0.400. The molecule has 0 aromatic heterocycles. The molecule has 1 aromatic rings. The molecule has 0 saturated heterocycles. The molecule has 4 nitrogen and oxygen atoms in total. The summed E-state index contributed by atoms with van der Waals surface area (Å²) in [6.07, 6.45) is 5.32. The third kappa shape index (κ3) is 3.81. The summed E-state index contributed by atoms with van der Waals surface area (Å²) in [7, 11) is 0. The van der Waals surface area contributed by atoms with Crippen LogP contribution in [0.3, 0.4) is 0 Å². The summed E-state index contributed by atoms with van der Waals surface area (Å²) >= 11 is 0. The van der Waals surface area contributed by atoms with E-state index in [2.05, 4.69) is 5.32 Å². The highest BCUT2D eigenvalue weighted by Gasteiger charge is 2.21. The summed E-state index contributed by atoms with van der Waals surface area (Å²) in [5.74, 6) is 0.645. The fourth-order valence-electron chi connectivity index (χ4n) is 2.30. The number of rotatable bonds is 4. The van der Waals surface area contributed by atoms with Gasteiger partial charge in [0.25, 0.3) is 0 Å². The summed E-state index contributed by atoms with van der Waals surface area (Å²) in [5, 5.41) is 2.93. The summed E-state index contributed by atoms with van der Waals surface area (Å²) < 4.78 is 0. The average molecular weight is 259 g/mol. The molecule has 0 heterocycles. The lowest BCUT2D eigenvalue weighted by Gasteiger charge is -2.20. The number of nitrogens with two attached hydrogens (primary N) is 1. The van der Waals surface area contributed by atoms with Crippen LogP contribution in [0.15, 0.2) is 24.3 Å². The first-order valence-electron chi connectivity index (χ1n) is 6.68. The van der Waals surface area contributed by atoms with E-state index < -0.39 is 5.91 Å². The molecule has 1 aliphatic carbocycles. The number of hydrogen-bond acceptors (Lipinski definition) is 2. The first-order chi connectivity index (χ1) is 9.16. The van der Waals surface area contributed by atoms with Crippen LogP contribution in [0, 0.1) is 5.92 Å². The van der Waals surface area contributed by atoms with Crippen LogP contribution in [0.5, 0.6) is 0 Å². The van der Waals surface area contributed by atoms with Crippen molar-refractivity contribution in [3.05, 3.63) is 41.3 Å². The Bertz CT molecular complexity index is 448. The third-order valence-electron chi connectivity index (χ3n) is 3.47. The van der Waals surface area contributed by atoms with Crippen molar-refractivity contribution < 1.29 is 9.59 Å². The molecule has 1 fully saturated rings. The zero-order valence-corrected chi connectivity index (χ0v) is 10.9. The summed E-state index contributed by atoms with van der Waals surface area (Å²) in [5.41, 5.74) is 6.62. The van der Waals surface area contributed by atoms with E-state index in [0.29, 0.717) is 12.1 Å². The van der Waals surface area contributed by atoms with Crippen LogP contribution in [0.25, 0.3) is 0 Å². The smallest absolute Gasteiger partial charge is 0.248 e. The Morgan fingerprint density at radius 1 is 1.05 bits per heavy atom. The highest BCUT2D eigenvalue weighted by molar-refractivity contribution is 5.92. The zero-order valence-electron chi connectivity index (χ0n) is 10.9. The standard InChI is InChI=1S/C15H19N2O2/c16-14(18)12-8-6-11(7-9-12)10-17-15(19)13-4-2-1-3-5-13/h6-9H,1-5,10H2,(H2,16,18)(H,17,19). The number of carbonyl (C=O) groups is 2. The van der Waals surface area contributed by atoms with Crippen LogP contribution in [0.4, 0.5) is 0 Å². The summed E-state index contributed by atoms with van der Waals surface area (Å²) in [4.78, 5) is 22.9. The molecule has 101 valence electrons. The van der Waals surface area contributed by atoms with Crippen molar-refractivity contribution in [3.8, 4) is 0 Å². The predicted octanol–water partition coefficient (Wildman–Crippen LogP) is 1.94. The summed E-state index contributed by atoms with van der Waals surface area (Å²) in [6.45, 7) is 0.487. The zero-order chi connectivity index (χ0) is 13.7. The van der Waals surface area contributed by atoms with Gasteiger partial charge in [-0.15, -0.1) is 0 Å². The van der Waals surface area contributed by atoms with E-state index in [9.17, 15) is 9.59 Å². The van der Waals surface area contributed by atoms with Gasteiger partial charge in [-0.2, -0.15) is 0 Å². The SMILES string of the molecule is NC(=O)c1ccc(CNC(=O)[C]2CCCCC2)cc1. The Labute approximate surface area is 113 Å². The van der Waals surface area contributed by atoms with Crippen molar-refractivity contribution in [2.75, 3.05) is 0 Å². The van der Waals surface area contributed by atoms with Crippen LogP contribution in [-0.2, 0) is 11.3 Å². The first-order valence-corrected chi connectivity index (χ1v) is 6.68. The molecule has 0 atom stereocenters. The molecular weight excluding hydrogens is 240 g/mol. The molecule has 0 bridgehead atoms. The highest BCUT2D eigenvalue weighted by Crippen LogP contribution is 2.25. The van der Waals surface area contributed by atoms with E-state index in [-0.39, 0.29) is 5.91 Å². The Morgan fingerprint density at radius 3 is 2.26 bits per heavy atom. The van der Waals surface area contributed by atoms with Crippen molar-refractivity contribution in [3.63, 3.8) is 0 Å². The third-order valence-corrected chi connectivity index (χ3v) is 3.47. The molecule has 2 amide bonds. The van der Waals surface area contributed by atoms with Gasteiger partial charge in [0, 0.05) is 12.1 Å². The predicted molar refractivity (Wildman–Crippen MR) is 73.1 cm³/mol. The number of hydrogen-bond donors (Lipinski definition) is 2. The average Bonchev–Trinajstić information content (AvgIpc) is 2.46. The van der Waals surface area contributed by atoms with Gasteiger partial charge in [-0.05, 0) is 30.5 Å². The highest BCUT2D eigenvalue weighted by atomic mass is 16.2. The monoisotopic (exact) mass is 259 g/mol. The number of amides is 2. The maximum absolute atomic E-state index is 11.9. The first kappa shape index (κ1) is 13.6. The van der Waals surface area contributed by atoms with Crippen molar-refractivity contribution in [2.45, 2.75) is 38.6 Å². The number of primary amides is 1. The van der Waals surface area contributed by atoms with Crippen molar-refractivity contribution in [1.29, 1.82) is 0 Å². The van der Waals surface area contributed by atoms with Gasteiger partial charge >= 0.3 is 0 Å².